The summed E-state index contributed by atoms with van der Waals surface area (Å²) in [6.45, 7) is 2.89. The quantitative estimate of drug-likeness (QED) is 0.886. The van der Waals surface area contributed by atoms with Crippen molar-refractivity contribution in [3.05, 3.63) is 64.9 Å². The van der Waals surface area contributed by atoms with Gasteiger partial charge in [-0.1, -0.05) is 36.7 Å². The van der Waals surface area contributed by atoms with Crippen LogP contribution in [0.15, 0.2) is 48.7 Å². The minimum Gasteiger partial charge on any atom is -0.326 e. The van der Waals surface area contributed by atoms with E-state index in [0.717, 1.165) is 23.7 Å². The molecule has 4 heteroatoms. The summed E-state index contributed by atoms with van der Waals surface area (Å²) in [4.78, 5) is 6.72. The van der Waals surface area contributed by atoms with Gasteiger partial charge >= 0.3 is 0 Å². The van der Waals surface area contributed by atoms with E-state index >= 15 is 0 Å². The van der Waals surface area contributed by atoms with Gasteiger partial charge in [-0.05, 0) is 43.3 Å². The molecule has 0 fully saturated rings. The Morgan fingerprint density at radius 2 is 2.05 bits per heavy atom. The van der Waals surface area contributed by atoms with Crippen molar-refractivity contribution in [3.8, 4) is 0 Å². The Balaban J connectivity index is 2.20. The first-order valence-corrected chi connectivity index (χ1v) is 7.60. The summed E-state index contributed by atoms with van der Waals surface area (Å²) in [5.74, 6) is 0. The highest BCUT2D eigenvalue weighted by atomic mass is 35.5. The molecule has 0 saturated heterocycles. The van der Waals surface area contributed by atoms with Crippen LogP contribution in [0.1, 0.15) is 30.6 Å². The van der Waals surface area contributed by atoms with E-state index in [9.17, 15) is 0 Å². The van der Waals surface area contributed by atoms with E-state index in [0.29, 0.717) is 0 Å². The Morgan fingerprint density at radius 3 is 2.67 bits per heavy atom. The van der Waals surface area contributed by atoms with E-state index in [-0.39, 0.29) is 12.1 Å². The number of nitrogens with zero attached hydrogens (tertiary/aromatic N) is 2. The predicted molar refractivity (Wildman–Crippen MR) is 88.2 cm³/mol. The van der Waals surface area contributed by atoms with Crippen LogP contribution in [0.5, 0.6) is 0 Å². The molecule has 1 aromatic carbocycles. The van der Waals surface area contributed by atoms with Gasteiger partial charge in [0.15, 0.2) is 0 Å². The Kier molecular flexibility index (Phi) is 5.74. The van der Waals surface area contributed by atoms with Gasteiger partial charge in [0.25, 0.3) is 0 Å². The number of benzene rings is 1. The van der Waals surface area contributed by atoms with Gasteiger partial charge in [-0.15, -0.1) is 0 Å². The van der Waals surface area contributed by atoms with Crippen molar-refractivity contribution in [1.29, 1.82) is 0 Å². The number of halogens is 1. The normalized spacial score (nSPS) is 14.1. The highest BCUT2D eigenvalue weighted by Crippen LogP contribution is 2.24. The van der Waals surface area contributed by atoms with Crippen LogP contribution in [0, 0.1) is 0 Å². The first-order chi connectivity index (χ1) is 10.1. The van der Waals surface area contributed by atoms with Crippen LogP contribution < -0.4 is 5.73 Å². The molecule has 0 aliphatic carbocycles. The van der Waals surface area contributed by atoms with Gasteiger partial charge in [0.05, 0.1) is 11.7 Å². The third-order valence-corrected chi connectivity index (χ3v) is 3.90. The van der Waals surface area contributed by atoms with Gasteiger partial charge in [0.1, 0.15) is 0 Å². The summed E-state index contributed by atoms with van der Waals surface area (Å²) in [6, 6.07) is 14.0. The average Bonchev–Trinajstić information content (AvgIpc) is 2.48. The summed E-state index contributed by atoms with van der Waals surface area (Å²) < 4.78 is 0. The minimum absolute atomic E-state index is 0.0454. The summed E-state index contributed by atoms with van der Waals surface area (Å²) in [5.41, 5.74) is 8.51. The molecule has 3 nitrogen and oxygen atoms in total. The molecular formula is C17H22ClN3. The maximum Gasteiger partial charge on any atom is 0.0673 e. The molecule has 0 bridgehead atoms. The van der Waals surface area contributed by atoms with Crippen LogP contribution in [0.25, 0.3) is 0 Å². The second-order valence-electron chi connectivity index (χ2n) is 5.32. The van der Waals surface area contributed by atoms with Gasteiger partial charge in [-0.25, -0.2) is 0 Å². The lowest BCUT2D eigenvalue weighted by Crippen LogP contribution is -2.39. The van der Waals surface area contributed by atoms with E-state index in [1.54, 1.807) is 0 Å². The molecule has 2 N–H and O–H groups in total. The highest BCUT2D eigenvalue weighted by Gasteiger charge is 2.24. The summed E-state index contributed by atoms with van der Waals surface area (Å²) >= 11 is 6.06. The van der Waals surface area contributed by atoms with Crippen molar-refractivity contribution in [3.63, 3.8) is 0 Å². The predicted octanol–water partition coefficient (Wildman–Crippen LogP) is 3.65. The molecule has 0 aliphatic heterocycles. The first kappa shape index (κ1) is 16.0. The molecule has 0 radical (unpaired) electrons. The number of rotatable bonds is 6. The van der Waals surface area contributed by atoms with Gasteiger partial charge in [0, 0.05) is 23.8 Å². The van der Waals surface area contributed by atoms with Crippen molar-refractivity contribution in [2.45, 2.75) is 32.0 Å². The van der Waals surface area contributed by atoms with Gasteiger partial charge in [-0.3, -0.25) is 9.88 Å². The zero-order chi connectivity index (χ0) is 15.2. The lowest BCUT2D eigenvalue weighted by Gasteiger charge is -2.32. The fourth-order valence-electron chi connectivity index (χ4n) is 2.57. The molecule has 2 unspecified atom stereocenters. The molecule has 112 valence electrons. The van der Waals surface area contributed by atoms with E-state index < -0.39 is 0 Å². The minimum atomic E-state index is 0.0454. The van der Waals surface area contributed by atoms with Crippen LogP contribution in [-0.4, -0.2) is 23.0 Å². The molecule has 2 aromatic rings. The molecule has 0 saturated carbocycles. The Morgan fingerprint density at radius 1 is 1.24 bits per heavy atom. The second kappa shape index (κ2) is 7.55. The average molecular weight is 304 g/mol. The molecule has 1 aromatic heterocycles. The van der Waals surface area contributed by atoms with Crippen molar-refractivity contribution < 1.29 is 0 Å². The van der Waals surface area contributed by atoms with E-state index in [1.807, 2.05) is 42.6 Å². The number of likely N-dealkylation sites (N-methyl/N-ethyl adjacent to an activating group) is 1. The molecule has 0 aliphatic rings. The van der Waals surface area contributed by atoms with Crippen molar-refractivity contribution >= 4 is 11.6 Å². The van der Waals surface area contributed by atoms with Crippen LogP contribution in [0.3, 0.4) is 0 Å². The number of aromatic nitrogens is 1. The van der Waals surface area contributed by atoms with Gasteiger partial charge in [-0.2, -0.15) is 0 Å². The standard InChI is InChI=1S/C17H22ClN3/c1-3-15(19)17(16-9-4-5-10-20-16)21(2)12-13-7-6-8-14(18)11-13/h4-11,15,17H,3,12,19H2,1-2H3. The van der Waals surface area contributed by atoms with Crippen molar-refractivity contribution in [2.75, 3.05) is 7.05 Å². The smallest absolute Gasteiger partial charge is 0.0673 e. The fraction of sp³-hybridized carbons (Fsp3) is 0.353. The zero-order valence-corrected chi connectivity index (χ0v) is 13.3. The van der Waals surface area contributed by atoms with E-state index in [4.69, 9.17) is 17.3 Å². The Bertz CT molecular complexity index is 559. The third-order valence-electron chi connectivity index (χ3n) is 3.66. The number of hydrogen-bond donors (Lipinski definition) is 1. The maximum atomic E-state index is 6.33. The maximum absolute atomic E-state index is 6.33. The summed E-state index contributed by atoms with van der Waals surface area (Å²) in [7, 11) is 2.08. The monoisotopic (exact) mass is 303 g/mol. The van der Waals surface area contributed by atoms with E-state index in [1.165, 1.54) is 5.56 Å². The number of pyridine rings is 1. The molecule has 0 spiro atoms. The zero-order valence-electron chi connectivity index (χ0n) is 12.5. The molecule has 2 atom stereocenters. The Hall–Kier alpha value is -1.42. The van der Waals surface area contributed by atoms with Gasteiger partial charge < -0.3 is 5.73 Å². The largest absolute Gasteiger partial charge is 0.326 e. The molecule has 21 heavy (non-hydrogen) atoms. The van der Waals surface area contributed by atoms with Crippen LogP contribution in [-0.2, 0) is 6.54 Å². The molecule has 0 amide bonds. The van der Waals surface area contributed by atoms with Crippen molar-refractivity contribution in [2.24, 2.45) is 5.73 Å². The highest BCUT2D eigenvalue weighted by molar-refractivity contribution is 6.30. The van der Waals surface area contributed by atoms with E-state index in [2.05, 4.69) is 29.9 Å². The molecule has 1 heterocycles. The topological polar surface area (TPSA) is 42.1 Å². The lowest BCUT2D eigenvalue weighted by atomic mass is 10.0. The SMILES string of the molecule is CCC(N)C(c1ccccn1)N(C)Cc1cccc(Cl)c1. The van der Waals surface area contributed by atoms with Gasteiger partial charge in [0.2, 0.25) is 0 Å². The molecule has 2 rings (SSSR count). The summed E-state index contributed by atoms with van der Waals surface area (Å²) in [6.07, 6.45) is 2.72. The van der Waals surface area contributed by atoms with Crippen LogP contribution >= 0.6 is 11.6 Å². The Labute approximate surface area is 131 Å². The fourth-order valence-corrected chi connectivity index (χ4v) is 2.78. The second-order valence-corrected chi connectivity index (χ2v) is 5.75. The lowest BCUT2D eigenvalue weighted by molar-refractivity contribution is 0.197. The summed E-state index contributed by atoms with van der Waals surface area (Å²) in [5, 5.41) is 0.759. The number of nitrogens with two attached hydrogens (primary N) is 1. The number of hydrogen-bond acceptors (Lipinski definition) is 3. The molecular weight excluding hydrogens is 282 g/mol. The third kappa shape index (κ3) is 4.27. The van der Waals surface area contributed by atoms with Crippen LogP contribution in [0.4, 0.5) is 0 Å². The first-order valence-electron chi connectivity index (χ1n) is 7.23. The van der Waals surface area contributed by atoms with Crippen molar-refractivity contribution in [1.82, 2.24) is 9.88 Å². The van der Waals surface area contributed by atoms with Crippen LogP contribution in [0.2, 0.25) is 5.02 Å².